The summed E-state index contributed by atoms with van der Waals surface area (Å²) in [7, 11) is -3.63. The summed E-state index contributed by atoms with van der Waals surface area (Å²) in [6.45, 7) is 5.46. The quantitative estimate of drug-likeness (QED) is 0.733. The molecule has 3 rings (SSSR count). The molecule has 3 aromatic rings. The van der Waals surface area contributed by atoms with Crippen molar-refractivity contribution >= 4 is 21.4 Å². The van der Waals surface area contributed by atoms with Gasteiger partial charge >= 0.3 is 0 Å². The van der Waals surface area contributed by atoms with Gasteiger partial charge < -0.3 is 0 Å². The van der Waals surface area contributed by atoms with E-state index in [2.05, 4.69) is 4.98 Å². The van der Waals surface area contributed by atoms with Crippen LogP contribution in [0.2, 0.25) is 0 Å². The van der Waals surface area contributed by atoms with Crippen LogP contribution >= 0.6 is 11.3 Å². The van der Waals surface area contributed by atoms with Crippen LogP contribution < -0.4 is 0 Å². The normalized spacial score (nSPS) is 11.8. The summed E-state index contributed by atoms with van der Waals surface area (Å²) in [4.78, 5) is 4.24. The molecule has 0 spiro atoms. The number of thiazole rings is 1. The first-order valence-electron chi connectivity index (χ1n) is 6.84. The highest BCUT2D eigenvalue weighted by Gasteiger charge is 2.26. The van der Waals surface area contributed by atoms with E-state index >= 15 is 0 Å². The smallest absolute Gasteiger partial charge is 0.245 e. The van der Waals surface area contributed by atoms with Crippen LogP contribution in [0.25, 0.3) is 11.3 Å². The Morgan fingerprint density at radius 3 is 2.32 bits per heavy atom. The lowest BCUT2D eigenvalue weighted by Gasteiger charge is -2.11. The predicted molar refractivity (Wildman–Crippen MR) is 88.8 cm³/mol. The summed E-state index contributed by atoms with van der Waals surface area (Å²) in [6, 6.07) is 11.4. The number of rotatable bonds is 3. The summed E-state index contributed by atoms with van der Waals surface area (Å²) < 4.78 is 27.7. The molecule has 0 N–H and O–H groups in total. The van der Waals surface area contributed by atoms with Crippen molar-refractivity contribution in [1.82, 2.24) is 8.96 Å². The fraction of sp³-hybridized carbons (Fsp3) is 0.188. The predicted octanol–water partition coefficient (Wildman–Crippen LogP) is 3.77. The van der Waals surface area contributed by atoms with Crippen LogP contribution in [0.15, 0.2) is 46.8 Å². The second-order valence-electron chi connectivity index (χ2n) is 5.12. The minimum Gasteiger partial charge on any atom is -0.245 e. The van der Waals surface area contributed by atoms with E-state index in [0.29, 0.717) is 15.6 Å². The Morgan fingerprint density at radius 2 is 1.73 bits per heavy atom. The van der Waals surface area contributed by atoms with Crippen molar-refractivity contribution in [2.75, 3.05) is 0 Å². The molecule has 22 heavy (non-hydrogen) atoms. The molecule has 1 aromatic carbocycles. The minimum absolute atomic E-state index is 0.304. The molecule has 0 saturated carbocycles. The van der Waals surface area contributed by atoms with Crippen molar-refractivity contribution in [1.29, 1.82) is 0 Å². The van der Waals surface area contributed by atoms with Crippen LogP contribution in [0.3, 0.4) is 0 Å². The highest BCUT2D eigenvalue weighted by Crippen LogP contribution is 2.31. The van der Waals surface area contributed by atoms with Gasteiger partial charge in [-0.3, -0.25) is 0 Å². The largest absolute Gasteiger partial charge is 0.279 e. The van der Waals surface area contributed by atoms with E-state index in [0.717, 1.165) is 16.1 Å². The fourth-order valence-electron chi connectivity index (χ4n) is 2.50. The summed E-state index contributed by atoms with van der Waals surface area (Å²) in [5.74, 6) is 0. The lowest BCUT2D eigenvalue weighted by Crippen LogP contribution is -2.13. The molecule has 6 heteroatoms. The first kappa shape index (κ1) is 15.0. The van der Waals surface area contributed by atoms with Crippen LogP contribution in [0.4, 0.5) is 0 Å². The van der Waals surface area contributed by atoms with Gasteiger partial charge in [-0.15, -0.1) is 11.3 Å². The summed E-state index contributed by atoms with van der Waals surface area (Å²) in [6.07, 6.45) is 1.61. The number of hydrogen-bond acceptors (Lipinski definition) is 4. The van der Waals surface area contributed by atoms with E-state index in [4.69, 9.17) is 0 Å². The van der Waals surface area contributed by atoms with Crippen LogP contribution in [0.5, 0.6) is 0 Å². The maximum absolute atomic E-state index is 13.0. The van der Waals surface area contributed by atoms with Gasteiger partial charge in [-0.25, -0.2) is 8.96 Å². The monoisotopic (exact) mass is 332 g/mol. The topological polar surface area (TPSA) is 52.0 Å². The first-order chi connectivity index (χ1) is 10.4. The molecule has 0 radical (unpaired) electrons. The number of benzene rings is 1. The van der Waals surface area contributed by atoms with E-state index in [9.17, 15) is 8.42 Å². The van der Waals surface area contributed by atoms with Gasteiger partial charge in [0.15, 0.2) is 4.21 Å². The second kappa shape index (κ2) is 5.37. The molecule has 0 amide bonds. The first-order valence-corrected chi connectivity index (χ1v) is 9.10. The van der Waals surface area contributed by atoms with Gasteiger partial charge in [0.2, 0.25) is 0 Å². The van der Waals surface area contributed by atoms with Crippen molar-refractivity contribution in [2.24, 2.45) is 0 Å². The average Bonchev–Trinajstić information content (AvgIpc) is 3.03. The molecule has 2 aromatic heterocycles. The van der Waals surface area contributed by atoms with Gasteiger partial charge in [0, 0.05) is 6.20 Å². The molecule has 0 aliphatic heterocycles. The van der Waals surface area contributed by atoms with E-state index in [-0.39, 0.29) is 0 Å². The van der Waals surface area contributed by atoms with Crippen molar-refractivity contribution in [2.45, 2.75) is 25.0 Å². The van der Waals surface area contributed by atoms with Gasteiger partial charge in [0.05, 0.1) is 16.4 Å². The Labute approximate surface area is 134 Å². The minimum atomic E-state index is -3.63. The van der Waals surface area contributed by atoms with Gasteiger partial charge in [0.1, 0.15) is 0 Å². The molecule has 0 unspecified atom stereocenters. The van der Waals surface area contributed by atoms with E-state index < -0.39 is 10.0 Å². The molecule has 0 aliphatic rings. The standard InChI is InChI=1S/C16H16N2O2S2/c1-11-9-10-18(15(11)14-7-5-4-6-8-14)22(19,20)16-12(2)17-13(3)21-16/h4-10H,1-3H3. The number of hydrogen-bond donors (Lipinski definition) is 0. The Morgan fingerprint density at radius 1 is 1.05 bits per heavy atom. The zero-order valence-electron chi connectivity index (χ0n) is 12.6. The zero-order valence-corrected chi connectivity index (χ0v) is 14.2. The van der Waals surface area contributed by atoms with E-state index in [1.54, 1.807) is 13.1 Å². The highest BCUT2D eigenvalue weighted by atomic mass is 32.2. The van der Waals surface area contributed by atoms with Gasteiger partial charge in [-0.05, 0) is 38.0 Å². The van der Waals surface area contributed by atoms with E-state index in [1.807, 2.05) is 50.2 Å². The third-order valence-electron chi connectivity index (χ3n) is 3.46. The average molecular weight is 332 g/mol. The number of aryl methyl sites for hydroxylation is 3. The maximum Gasteiger partial charge on any atom is 0.279 e. The van der Waals surface area contributed by atoms with Gasteiger partial charge in [0.25, 0.3) is 10.0 Å². The summed E-state index contributed by atoms with van der Waals surface area (Å²) in [5, 5.41) is 0.751. The fourth-order valence-corrected chi connectivity index (χ4v) is 5.48. The van der Waals surface area contributed by atoms with Crippen LogP contribution in [-0.4, -0.2) is 17.4 Å². The van der Waals surface area contributed by atoms with Crippen molar-refractivity contribution < 1.29 is 8.42 Å². The summed E-state index contributed by atoms with van der Waals surface area (Å²) in [5.41, 5.74) is 3.06. The molecule has 0 atom stereocenters. The molecule has 0 saturated heterocycles. The molecule has 114 valence electrons. The third kappa shape index (κ3) is 2.38. The molecular formula is C16H16N2O2S2. The maximum atomic E-state index is 13.0. The van der Waals surface area contributed by atoms with Crippen LogP contribution in [0.1, 0.15) is 16.3 Å². The Bertz CT molecular complexity index is 922. The zero-order chi connectivity index (χ0) is 15.9. The molecule has 0 bridgehead atoms. The highest BCUT2D eigenvalue weighted by molar-refractivity contribution is 7.92. The third-order valence-corrected chi connectivity index (χ3v) is 6.79. The SMILES string of the molecule is Cc1nc(C)c(S(=O)(=O)n2ccc(C)c2-c2ccccc2)s1. The molecule has 4 nitrogen and oxygen atoms in total. The number of aromatic nitrogens is 2. The van der Waals surface area contributed by atoms with Gasteiger partial charge in [-0.1, -0.05) is 30.3 Å². The Kier molecular flexibility index (Phi) is 3.66. The molecule has 0 aliphatic carbocycles. The molecule has 2 heterocycles. The molecule has 0 fully saturated rings. The van der Waals surface area contributed by atoms with Gasteiger partial charge in [-0.2, -0.15) is 8.42 Å². The van der Waals surface area contributed by atoms with Crippen LogP contribution in [-0.2, 0) is 10.0 Å². The lowest BCUT2D eigenvalue weighted by atomic mass is 10.1. The number of nitrogens with zero attached hydrogens (tertiary/aromatic N) is 2. The van der Waals surface area contributed by atoms with Crippen LogP contribution in [0, 0.1) is 20.8 Å². The molecular weight excluding hydrogens is 316 g/mol. The van der Waals surface area contributed by atoms with Crippen molar-refractivity contribution in [3.8, 4) is 11.3 Å². The Hall–Kier alpha value is -1.92. The van der Waals surface area contributed by atoms with Crippen molar-refractivity contribution in [3.63, 3.8) is 0 Å². The second-order valence-corrected chi connectivity index (χ2v) is 8.33. The lowest BCUT2D eigenvalue weighted by molar-refractivity contribution is 0.589. The van der Waals surface area contributed by atoms with Crippen molar-refractivity contribution in [3.05, 3.63) is 58.9 Å². The summed E-state index contributed by atoms with van der Waals surface area (Å²) >= 11 is 1.21. The van der Waals surface area contributed by atoms with E-state index in [1.165, 1.54) is 15.3 Å². The Balaban J connectivity index is 2.24.